The molecule has 0 radical (unpaired) electrons. The SMILES string of the molecule is CC(C)CC(CN)NS(=O)(=O)c1cc(C(=O)N(C)C)n(C)c1. The molecule has 1 unspecified atom stereocenters. The lowest BCUT2D eigenvalue weighted by atomic mass is 10.1. The van der Waals surface area contributed by atoms with Gasteiger partial charge in [0.05, 0.1) is 0 Å². The molecule has 22 heavy (non-hydrogen) atoms. The number of amides is 1. The van der Waals surface area contributed by atoms with Gasteiger partial charge in [-0.05, 0) is 18.4 Å². The molecule has 0 saturated heterocycles. The molecule has 0 aliphatic rings. The first kappa shape index (κ1) is 18.7. The van der Waals surface area contributed by atoms with E-state index < -0.39 is 10.0 Å². The normalized spacial score (nSPS) is 13.4. The monoisotopic (exact) mass is 330 g/mol. The number of nitrogens with two attached hydrogens (primary N) is 1. The molecule has 126 valence electrons. The molecular weight excluding hydrogens is 304 g/mol. The molecule has 1 amide bonds. The van der Waals surface area contributed by atoms with Gasteiger partial charge >= 0.3 is 0 Å². The van der Waals surface area contributed by atoms with Crippen molar-refractivity contribution in [3.8, 4) is 0 Å². The summed E-state index contributed by atoms with van der Waals surface area (Å²) in [5.74, 6) is 0.0828. The Hall–Kier alpha value is -1.38. The second kappa shape index (κ2) is 7.26. The highest BCUT2D eigenvalue weighted by Gasteiger charge is 2.24. The van der Waals surface area contributed by atoms with Crippen LogP contribution in [0.3, 0.4) is 0 Å². The van der Waals surface area contributed by atoms with E-state index in [0.717, 1.165) is 0 Å². The van der Waals surface area contributed by atoms with E-state index in [1.165, 1.54) is 21.7 Å². The molecule has 1 aromatic rings. The minimum absolute atomic E-state index is 0.0717. The lowest BCUT2D eigenvalue weighted by molar-refractivity contribution is 0.0818. The second-order valence-corrected chi connectivity index (χ2v) is 7.77. The molecule has 0 spiro atoms. The minimum atomic E-state index is -3.70. The van der Waals surface area contributed by atoms with Crippen LogP contribution in [0.5, 0.6) is 0 Å². The van der Waals surface area contributed by atoms with Crippen molar-refractivity contribution in [3.05, 3.63) is 18.0 Å². The molecule has 0 aromatic carbocycles. The van der Waals surface area contributed by atoms with E-state index in [0.29, 0.717) is 18.0 Å². The Morgan fingerprint density at radius 1 is 1.41 bits per heavy atom. The predicted molar refractivity (Wildman–Crippen MR) is 86.0 cm³/mol. The summed E-state index contributed by atoms with van der Waals surface area (Å²) in [7, 11) is 1.18. The van der Waals surface area contributed by atoms with Crippen LogP contribution in [-0.2, 0) is 17.1 Å². The molecule has 3 N–H and O–H groups in total. The quantitative estimate of drug-likeness (QED) is 0.755. The van der Waals surface area contributed by atoms with Crippen molar-refractivity contribution in [2.24, 2.45) is 18.7 Å². The van der Waals surface area contributed by atoms with Gasteiger partial charge < -0.3 is 15.2 Å². The Labute approximate surface area is 132 Å². The van der Waals surface area contributed by atoms with Gasteiger partial charge in [0.1, 0.15) is 10.6 Å². The van der Waals surface area contributed by atoms with Crippen molar-refractivity contribution in [2.75, 3.05) is 20.6 Å². The molecule has 8 heteroatoms. The number of aromatic nitrogens is 1. The maximum atomic E-state index is 12.4. The summed E-state index contributed by atoms with van der Waals surface area (Å²) in [4.78, 5) is 13.5. The van der Waals surface area contributed by atoms with Crippen LogP contribution >= 0.6 is 0 Å². The van der Waals surface area contributed by atoms with E-state index in [2.05, 4.69) is 4.72 Å². The van der Waals surface area contributed by atoms with Crippen molar-refractivity contribution in [1.29, 1.82) is 0 Å². The second-order valence-electron chi connectivity index (χ2n) is 6.05. The summed E-state index contributed by atoms with van der Waals surface area (Å²) < 4.78 is 29.0. The molecule has 1 atom stereocenters. The van der Waals surface area contributed by atoms with Crippen molar-refractivity contribution < 1.29 is 13.2 Å². The fourth-order valence-electron chi connectivity index (χ4n) is 2.17. The fraction of sp³-hybridized carbons (Fsp3) is 0.643. The first-order chi connectivity index (χ1) is 10.1. The number of rotatable bonds is 7. The number of carbonyl (C=O) groups is 1. The average molecular weight is 330 g/mol. The number of nitrogens with zero attached hydrogens (tertiary/aromatic N) is 2. The van der Waals surface area contributed by atoms with Crippen molar-refractivity contribution >= 4 is 15.9 Å². The standard InChI is InChI=1S/C14H26N4O3S/c1-10(2)6-11(8-15)16-22(20,21)12-7-13(18(5)9-12)14(19)17(3)4/h7,9-11,16H,6,8,15H2,1-5H3. The van der Waals surface area contributed by atoms with Gasteiger partial charge in [-0.3, -0.25) is 4.79 Å². The van der Waals surface area contributed by atoms with E-state index in [1.807, 2.05) is 13.8 Å². The summed E-state index contributed by atoms with van der Waals surface area (Å²) in [6.07, 6.45) is 2.09. The molecule has 7 nitrogen and oxygen atoms in total. The largest absolute Gasteiger partial charge is 0.345 e. The van der Waals surface area contributed by atoms with Crippen LogP contribution in [0.4, 0.5) is 0 Å². The van der Waals surface area contributed by atoms with E-state index >= 15 is 0 Å². The Bertz CT molecular complexity index is 620. The molecule has 1 heterocycles. The fourth-order valence-corrected chi connectivity index (χ4v) is 3.50. The predicted octanol–water partition coefficient (Wildman–Crippen LogP) is 0.379. The summed E-state index contributed by atoms with van der Waals surface area (Å²) in [5.41, 5.74) is 5.95. The highest BCUT2D eigenvalue weighted by molar-refractivity contribution is 7.89. The lowest BCUT2D eigenvalue weighted by Gasteiger charge is -2.18. The first-order valence-corrected chi connectivity index (χ1v) is 8.67. The number of hydrogen-bond donors (Lipinski definition) is 2. The third kappa shape index (κ3) is 4.56. The van der Waals surface area contributed by atoms with Crippen LogP contribution in [0, 0.1) is 5.92 Å². The van der Waals surface area contributed by atoms with E-state index in [9.17, 15) is 13.2 Å². The van der Waals surface area contributed by atoms with E-state index in [4.69, 9.17) is 5.73 Å². The first-order valence-electron chi connectivity index (χ1n) is 7.19. The highest BCUT2D eigenvalue weighted by Crippen LogP contribution is 2.16. The third-order valence-corrected chi connectivity index (χ3v) is 4.77. The number of nitrogens with one attached hydrogen (secondary N) is 1. The number of carbonyl (C=O) groups excluding carboxylic acids is 1. The van der Waals surface area contributed by atoms with Crippen LogP contribution < -0.4 is 10.5 Å². The minimum Gasteiger partial charge on any atom is -0.345 e. The Balaban J connectivity index is 3.04. The van der Waals surface area contributed by atoms with Gasteiger partial charge in [-0.2, -0.15) is 0 Å². The molecule has 0 saturated carbocycles. The van der Waals surface area contributed by atoms with Crippen LogP contribution in [0.1, 0.15) is 30.8 Å². The topological polar surface area (TPSA) is 97.4 Å². The summed E-state index contributed by atoms with van der Waals surface area (Å²) in [6, 6.07) is 1.06. The Kier molecular flexibility index (Phi) is 6.16. The summed E-state index contributed by atoms with van der Waals surface area (Å²) >= 11 is 0. The van der Waals surface area contributed by atoms with Crippen LogP contribution in [0.2, 0.25) is 0 Å². The maximum Gasteiger partial charge on any atom is 0.269 e. The smallest absolute Gasteiger partial charge is 0.269 e. The van der Waals surface area contributed by atoms with E-state index in [-0.39, 0.29) is 23.4 Å². The van der Waals surface area contributed by atoms with Gasteiger partial charge in [0.25, 0.3) is 5.91 Å². The molecule has 0 aliphatic heterocycles. The summed E-state index contributed by atoms with van der Waals surface area (Å²) in [5, 5.41) is 0. The maximum absolute atomic E-state index is 12.4. The third-order valence-electron chi connectivity index (χ3n) is 3.28. The molecular formula is C14H26N4O3S. The van der Waals surface area contributed by atoms with Crippen molar-refractivity contribution in [3.63, 3.8) is 0 Å². The molecule has 1 rings (SSSR count). The lowest BCUT2D eigenvalue weighted by Crippen LogP contribution is -2.40. The summed E-state index contributed by atoms with van der Waals surface area (Å²) in [6.45, 7) is 4.24. The van der Waals surface area contributed by atoms with Gasteiger partial charge in [-0.25, -0.2) is 13.1 Å². The van der Waals surface area contributed by atoms with Gasteiger partial charge in [-0.15, -0.1) is 0 Å². The zero-order chi connectivity index (χ0) is 17.1. The number of aryl methyl sites for hydroxylation is 1. The molecule has 0 bridgehead atoms. The zero-order valence-electron chi connectivity index (χ0n) is 13.8. The van der Waals surface area contributed by atoms with Crippen molar-refractivity contribution in [1.82, 2.24) is 14.2 Å². The van der Waals surface area contributed by atoms with Crippen molar-refractivity contribution in [2.45, 2.75) is 31.2 Å². The molecule has 0 aliphatic carbocycles. The molecule has 0 fully saturated rings. The zero-order valence-corrected chi connectivity index (χ0v) is 14.6. The molecule has 1 aromatic heterocycles. The van der Waals surface area contributed by atoms with Gasteiger partial charge in [0, 0.05) is 39.9 Å². The van der Waals surface area contributed by atoms with Crippen LogP contribution in [0.25, 0.3) is 0 Å². The van der Waals surface area contributed by atoms with Gasteiger partial charge in [0.15, 0.2) is 0 Å². The Morgan fingerprint density at radius 3 is 2.45 bits per heavy atom. The van der Waals surface area contributed by atoms with Gasteiger partial charge in [0.2, 0.25) is 10.0 Å². The van der Waals surface area contributed by atoms with Gasteiger partial charge in [-0.1, -0.05) is 13.8 Å². The Morgan fingerprint density at radius 2 is 2.00 bits per heavy atom. The van der Waals surface area contributed by atoms with E-state index in [1.54, 1.807) is 21.1 Å². The number of sulfonamides is 1. The number of hydrogen-bond acceptors (Lipinski definition) is 4. The van der Waals surface area contributed by atoms with Crippen LogP contribution in [0.15, 0.2) is 17.2 Å². The average Bonchev–Trinajstić information content (AvgIpc) is 2.79. The highest BCUT2D eigenvalue weighted by atomic mass is 32.2. The van der Waals surface area contributed by atoms with Crippen LogP contribution in [-0.4, -0.2) is 50.5 Å².